The summed E-state index contributed by atoms with van der Waals surface area (Å²) in [6.07, 6.45) is 3.25. The zero-order valence-electron chi connectivity index (χ0n) is 7.92. The Balaban J connectivity index is 1.98. The van der Waals surface area contributed by atoms with E-state index < -0.39 is 0 Å². The first-order chi connectivity index (χ1) is 6.79. The molecule has 0 amide bonds. The van der Waals surface area contributed by atoms with Crippen LogP contribution >= 0.6 is 0 Å². The summed E-state index contributed by atoms with van der Waals surface area (Å²) in [4.78, 5) is 11.8. The number of ketones is 1. The van der Waals surface area contributed by atoms with Gasteiger partial charge in [-0.05, 0) is 0 Å². The van der Waals surface area contributed by atoms with Gasteiger partial charge in [0.25, 0.3) is 0 Å². The molecule has 0 bridgehead atoms. The van der Waals surface area contributed by atoms with Crippen molar-refractivity contribution in [2.24, 2.45) is 11.8 Å². The third-order valence-electron chi connectivity index (χ3n) is 3.79. The quantitative estimate of drug-likeness (QED) is 0.414. The second kappa shape index (κ2) is 2.99. The van der Waals surface area contributed by atoms with Gasteiger partial charge in [-0.1, -0.05) is 0 Å². The standard InChI is InChI=1S/C9H13BN3O/c10-7-8-6-4(9(7)14)2-1-3-5(6)11-13-12-8/h4-6,8,11-13H,1-3H2. The Morgan fingerprint density at radius 2 is 2.14 bits per heavy atom. The van der Waals surface area contributed by atoms with Crippen molar-refractivity contribution in [2.45, 2.75) is 31.3 Å². The minimum absolute atomic E-state index is 0.0408. The maximum atomic E-state index is 11.8. The summed E-state index contributed by atoms with van der Waals surface area (Å²) in [5.74, 6) is 0.682. The van der Waals surface area contributed by atoms with Crippen LogP contribution in [0.1, 0.15) is 19.3 Å². The molecule has 2 saturated carbocycles. The zero-order chi connectivity index (χ0) is 9.71. The van der Waals surface area contributed by atoms with Gasteiger partial charge in [0.15, 0.2) is 0 Å². The Kier molecular flexibility index (Phi) is 1.87. The van der Waals surface area contributed by atoms with Crippen molar-refractivity contribution >= 4 is 18.7 Å². The second-order valence-corrected chi connectivity index (χ2v) is 4.43. The van der Waals surface area contributed by atoms with Crippen LogP contribution in [0.25, 0.3) is 0 Å². The number of Topliss-reactive ketones (excluding diaryl/α,β-unsaturated/α-hetero) is 1. The normalized spacial score (nSPS) is 46.5. The molecule has 5 heteroatoms. The van der Waals surface area contributed by atoms with Crippen molar-refractivity contribution in [1.29, 1.82) is 0 Å². The molecule has 1 radical (unpaired) electrons. The van der Waals surface area contributed by atoms with Gasteiger partial charge in [-0.2, -0.15) is 0 Å². The fourth-order valence-electron chi connectivity index (χ4n) is 3.12. The molecule has 3 fully saturated rings. The molecule has 14 heavy (non-hydrogen) atoms. The minimum atomic E-state index is 0.0408. The van der Waals surface area contributed by atoms with Crippen LogP contribution in [0, 0.1) is 11.8 Å². The summed E-state index contributed by atoms with van der Waals surface area (Å²) in [6, 6.07) is 0.434. The summed E-state index contributed by atoms with van der Waals surface area (Å²) in [6.45, 7) is 0. The fraction of sp³-hybridized carbons (Fsp3) is 0.778. The SMILES string of the molecule is [B]=C1C(=O)C2CCCC3NNNC1C32. The number of hydrazine groups is 2. The van der Waals surface area contributed by atoms with Crippen molar-refractivity contribution in [2.75, 3.05) is 0 Å². The van der Waals surface area contributed by atoms with Crippen molar-refractivity contribution in [3.05, 3.63) is 0 Å². The molecule has 1 saturated heterocycles. The van der Waals surface area contributed by atoms with E-state index in [1.165, 1.54) is 0 Å². The van der Waals surface area contributed by atoms with E-state index in [4.69, 9.17) is 7.49 Å². The number of hydrogen-bond acceptors (Lipinski definition) is 4. The van der Waals surface area contributed by atoms with Crippen molar-refractivity contribution in [3.63, 3.8) is 0 Å². The van der Waals surface area contributed by atoms with E-state index in [1.54, 1.807) is 0 Å². The van der Waals surface area contributed by atoms with Gasteiger partial charge in [-0.25, -0.2) is 0 Å². The average Bonchev–Trinajstić information content (AvgIpc) is 2.47. The third-order valence-corrected chi connectivity index (χ3v) is 3.79. The summed E-state index contributed by atoms with van der Waals surface area (Å²) in [7, 11) is 5.83. The predicted octanol–water partition coefficient (Wildman–Crippen LogP) is -1.32. The molecule has 3 N–H and O–H groups in total. The van der Waals surface area contributed by atoms with E-state index in [2.05, 4.69) is 16.4 Å². The summed E-state index contributed by atoms with van der Waals surface area (Å²) < 4.78 is 0. The van der Waals surface area contributed by atoms with E-state index in [-0.39, 0.29) is 17.7 Å². The van der Waals surface area contributed by atoms with Crippen LogP contribution in [0.5, 0.6) is 0 Å². The zero-order valence-corrected chi connectivity index (χ0v) is 7.92. The van der Waals surface area contributed by atoms with Gasteiger partial charge in [-0.3, -0.25) is 0 Å². The van der Waals surface area contributed by atoms with Crippen LogP contribution in [0.2, 0.25) is 0 Å². The Labute approximate surface area is 83.8 Å². The number of rotatable bonds is 0. The predicted molar refractivity (Wildman–Crippen MR) is 53.6 cm³/mol. The molecule has 0 aromatic rings. The van der Waals surface area contributed by atoms with Gasteiger partial charge in [-0.15, -0.1) is 0 Å². The number of carbonyl (C=O) groups is 1. The van der Waals surface area contributed by atoms with Crippen molar-refractivity contribution < 1.29 is 4.79 Å². The number of carbonyl (C=O) groups excluding carboxylic acids is 1. The monoisotopic (exact) mass is 190 g/mol. The van der Waals surface area contributed by atoms with E-state index in [1.807, 2.05) is 0 Å². The molecule has 4 nitrogen and oxygen atoms in total. The van der Waals surface area contributed by atoms with Gasteiger partial charge in [0.1, 0.15) is 0 Å². The molecule has 3 rings (SSSR count). The Morgan fingerprint density at radius 1 is 1.29 bits per heavy atom. The Bertz CT molecular complexity index is 278. The van der Waals surface area contributed by atoms with E-state index in [9.17, 15) is 4.79 Å². The van der Waals surface area contributed by atoms with Crippen LogP contribution in [-0.4, -0.2) is 30.8 Å². The van der Waals surface area contributed by atoms with Crippen LogP contribution in [0.4, 0.5) is 0 Å². The Morgan fingerprint density at radius 3 is 3.00 bits per heavy atom. The molecular weight excluding hydrogens is 177 g/mol. The summed E-state index contributed by atoms with van der Waals surface area (Å²) in [5.41, 5.74) is 9.65. The van der Waals surface area contributed by atoms with Crippen LogP contribution in [-0.2, 0) is 4.79 Å². The van der Waals surface area contributed by atoms with Gasteiger partial charge in [0, 0.05) is 0 Å². The molecule has 0 spiro atoms. The molecule has 4 atom stereocenters. The maximum absolute atomic E-state index is 11.8. The van der Waals surface area contributed by atoms with Crippen molar-refractivity contribution in [1.82, 2.24) is 16.4 Å². The average molecular weight is 190 g/mol. The van der Waals surface area contributed by atoms with Crippen LogP contribution in [0.3, 0.4) is 0 Å². The topological polar surface area (TPSA) is 53.2 Å². The number of nitrogens with one attached hydrogen (secondary N) is 3. The molecule has 1 heterocycles. The van der Waals surface area contributed by atoms with Gasteiger partial charge in [0.05, 0.1) is 0 Å². The fourth-order valence-corrected chi connectivity index (χ4v) is 3.12. The first kappa shape index (κ1) is 8.77. The summed E-state index contributed by atoms with van der Waals surface area (Å²) in [5, 5.41) is 0. The third kappa shape index (κ3) is 1.00. The number of hydrogen-bond donors (Lipinski definition) is 3. The van der Waals surface area contributed by atoms with Crippen LogP contribution < -0.4 is 16.4 Å². The van der Waals surface area contributed by atoms with Gasteiger partial charge >= 0.3 is 83.1 Å². The second-order valence-electron chi connectivity index (χ2n) is 4.43. The van der Waals surface area contributed by atoms with E-state index >= 15 is 0 Å². The molecule has 0 aromatic carbocycles. The molecule has 4 unspecified atom stereocenters. The summed E-state index contributed by atoms with van der Waals surface area (Å²) >= 11 is 0. The first-order valence-corrected chi connectivity index (χ1v) is 5.21. The first-order valence-electron chi connectivity index (χ1n) is 5.21. The molecule has 1 aliphatic heterocycles. The van der Waals surface area contributed by atoms with E-state index in [0.717, 1.165) is 19.3 Å². The van der Waals surface area contributed by atoms with Crippen molar-refractivity contribution in [3.8, 4) is 0 Å². The molecule has 0 aromatic heterocycles. The van der Waals surface area contributed by atoms with Gasteiger partial charge < -0.3 is 0 Å². The molecular formula is C9H13BN3O. The van der Waals surface area contributed by atoms with Crippen LogP contribution in [0.15, 0.2) is 0 Å². The molecule has 2 aliphatic carbocycles. The van der Waals surface area contributed by atoms with E-state index in [0.29, 0.717) is 17.4 Å². The molecule has 3 aliphatic rings. The van der Waals surface area contributed by atoms with Gasteiger partial charge in [0.2, 0.25) is 0 Å². The Hall–Kier alpha value is -0.515. The molecule has 73 valence electrons.